The first-order valence-electron chi connectivity index (χ1n) is 17.7. The third-order valence-electron chi connectivity index (χ3n) is 9.02. The van der Waals surface area contributed by atoms with Crippen molar-refractivity contribution in [1.29, 1.82) is 0 Å². The molecule has 0 aromatic carbocycles. The minimum atomic E-state index is -0.686. The summed E-state index contributed by atoms with van der Waals surface area (Å²) in [6.45, 7) is 12.5. The van der Waals surface area contributed by atoms with E-state index in [2.05, 4.69) is 34.8 Å². The van der Waals surface area contributed by atoms with Crippen molar-refractivity contribution >= 4 is 35.2 Å². The van der Waals surface area contributed by atoms with Gasteiger partial charge in [0.15, 0.2) is 6.29 Å². The first-order chi connectivity index (χ1) is 23.2. The van der Waals surface area contributed by atoms with E-state index in [1.54, 1.807) is 0 Å². The second kappa shape index (κ2) is 27.1. The van der Waals surface area contributed by atoms with Crippen LogP contribution in [-0.4, -0.2) is 75.2 Å². The van der Waals surface area contributed by atoms with Gasteiger partial charge in [-0.25, -0.2) is 0 Å². The Morgan fingerprint density at radius 2 is 1.27 bits per heavy atom. The van der Waals surface area contributed by atoms with Crippen LogP contribution in [0.1, 0.15) is 92.9 Å². The number of hydrogen-bond donors (Lipinski definition) is 4. The zero-order valence-corrected chi connectivity index (χ0v) is 31.3. The fraction of sp³-hybridized carbons (Fsp3) is 0.882. The number of primary amides is 2. The number of amides is 4. The van der Waals surface area contributed by atoms with E-state index in [1.165, 1.54) is 0 Å². The number of carbonyl (C=O) groups excluding carboxylic acids is 4. The summed E-state index contributed by atoms with van der Waals surface area (Å²) in [5, 5.41) is 11.8. The molecule has 0 rings (SSSR count). The zero-order valence-electron chi connectivity index (χ0n) is 30.5. The topological polar surface area (TPSA) is 222 Å². The molecule has 0 saturated heterocycles. The molecule has 0 radical (unpaired) electrons. The number of carbonyl (C=O) groups is 4. The van der Waals surface area contributed by atoms with Gasteiger partial charge in [-0.2, -0.15) is 9.81 Å². The molecule has 8 unspecified atom stereocenters. The highest BCUT2D eigenvalue weighted by atomic mass is 35.5. The molecule has 0 bridgehead atoms. The van der Waals surface area contributed by atoms with Crippen molar-refractivity contribution < 1.29 is 28.7 Å². The zero-order chi connectivity index (χ0) is 37.4. The van der Waals surface area contributed by atoms with Crippen molar-refractivity contribution in [3.63, 3.8) is 0 Å². The number of hydrogen-bond acceptors (Lipinski definition) is 10. The van der Waals surface area contributed by atoms with Crippen molar-refractivity contribution in [2.24, 2.45) is 69.2 Å². The molecule has 15 heteroatoms. The van der Waals surface area contributed by atoms with Gasteiger partial charge in [-0.05, 0) is 62.2 Å². The van der Waals surface area contributed by atoms with Crippen LogP contribution in [0.3, 0.4) is 0 Å². The Morgan fingerprint density at radius 1 is 0.714 bits per heavy atom. The van der Waals surface area contributed by atoms with Crippen molar-refractivity contribution in [3.05, 3.63) is 9.81 Å². The van der Waals surface area contributed by atoms with Gasteiger partial charge in [0.2, 0.25) is 23.6 Å². The quantitative estimate of drug-likeness (QED) is 0.0345. The van der Waals surface area contributed by atoms with Crippen LogP contribution in [0.4, 0.5) is 0 Å². The summed E-state index contributed by atoms with van der Waals surface area (Å²) < 4.78 is 11.6. The Hall–Kier alpha value is -2.71. The van der Waals surface area contributed by atoms with E-state index in [0.29, 0.717) is 38.0 Å². The highest BCUT2D eigenvalue weighted by molar-refractivity contribution is 6.17. The lowest BCUT2D eigenvalue weighted by molar-refractivity contribution is -0.145. The van der Waals surface area contributed by atoms with Gasteiger partial charge in [-0.3, -0.25) is 19.2 Å². The summed E-state index contributed by atoms with van der Waals surface area (Å²) in [4.78, 5) is 72.4. The molecule has 0 saturated carbocycles. The molecule has 14 nitrogen and oxygen atoms in total. The van der Waals surface area contributed by atoms with Gasteiger partial charge in [0, 0.05) is 49.1 Å². The third kappa shape index (κ3) is 20.5. The fourth-order valence-corrected chi connectivity index (χ4v) is 6.28. The lowest BCUT2D eigenvalue weighted by atomic mass is 9.79. The lowest BCUT2D eigenvalue weighted by Crippen LogP contribution is -2.40. The molecule has 0 aliphatic rings. The van der Waals surface area contributed by atoms with E-state index in [4.69, 9.17) is 32.5 Å². The average molecular weight is 719 g/mol. The van der Waals surface area contributed by atoms with Crippen LogP contribution in [-0.2, 0) is 28.7 Å². The summed E-state index contributed by atoms with van der Waals surface area (Å²) in [7, 11) is 0. The SMILES string of the molecule is CCC(CC(CC(C(N)=O)C(C)CC)C(=O)NCCOC(CCCl)OCCNC(=O)C(CC(C)CN=O)CC(CN=O)CC(C)C)C(N)=O. The Balaban J connectivity index is 5.18. The fourth-order valence-electron chi connectivity index (χ4n) is 6.10. The van der Waals surface area contributed by atoms with E-state index >= 15 is 0 Å². The van der Waals surface area contributed by atoms with E-state index < -0.39 is 41.8 Å². The number of nitroso groups, excluding NO2 is 2. The maximum atomic E-state index is 13.2. The predicted octanol–water partition coefficient (Wildman–Crippen LogP) is 4.49. The van der Waals surface area contributed by atoms with E-state index in [1.807, 2.05) is 27.7 Å². The minimum Gasteiger partial charge on any atom is -0.369 e. The van der Waals surface area contributed by atoms with Gasteiger partial charge >= 0.3 is 0 Å². The summed E-state index contributed by atoms with van der Waals surface area (Å²) in [5.41, 5.74) is 11.2. The summed E-state index contributed by atoms with van der Waals surface area (Å²) >= 11 is 5.95. The Labute approximate surface area is 297 Å². The molecular weight excluding hydrogens is 656 g/mol. The molecule has 0 aliphatic carbocycles. The van der Waals surface area contributed by atoms with Gasteiger partial charge in [0.1, 0.15) is 0 Å². The van der Waals surface area contributed by atoms with Crippen LogP contribution in [0.15, 0.2) is 10.4 Å². The molecular formula is C34H63ClN6O8. The maximum Gasteiger partial charge on any atom is 0.223 e. The summed E-state index contributed by atoms with van der Waals surface area (Å²) in [6, 6.07) is 0. The third-order valence-corrected chi connectivity index (χ3v) is 9.24. The summed E-state index contributed by atoms with van der Waals surface area (Å²) in [6.07, 6.45) is 2.99. The highest BCUT2D eigenvalue weighted by Crippen LogP contribution is 2.28. The van der Waals surface area contributed by atoms with E-state index in [0.717, 1.165) is 6.42 Å². The molecule has 8 atom stereocenters. The smallest absolute Gasteiger partial charge is 0.223 e. The first-order valence-corrected chi connectivity index (χ1v) is 18.3. The second-order valence-electron chi connectivity index (χ2n) is 13.7. The summed E-state index contributed by atoms with van der Waals surface area (Å²) in [5.74, 6) is -3.14. The molecule has 0 fully saturated rings. The molecule has 0 heterocycles. The molecule has 0 aromatic heterocycles. The predicted molar refractivity (Wildman–Crippen MR) is 191 cm³/mol. The molecule has 4 amide bonds. The van der Waals surface area contributed by atoms with Crippen LogP contribution in [0, 0.1) is 57.2 Å². The van der Waals surface area contributed by atoms with Crippen LogP contribution in [0.2, 0.25) is 0 Å². The molecule has 284 valence electrons. The molecule has 0 aromatic rings. The number of halogens is 1. The maximum absolute atomic E-state index is 13.2. The number of rotatable bonds is 31. The number of ether oxygens (including phenoxy) is 2. The average Bonchev–Trinajstić information content (AvgIpc) is 3.03. The molecule has 49 heavy (non-hydrogen) atoms. The Bertz CT molecular complexity index is 990. The van der Waals surface area contributed by atoms with Crippen LogP contribution >= 0.6 is 11.6 Å². The van der Waals surface area contributed by atoms with E-state index in [-0.39, 0.29) is 87.7 Å². The Morgan fingerprint density at radius 3 is 1.69 bits per heavy atom. The number of nitrogens with zero attached hydrogens (tertiary/aromatic N) is 2. The monoisotopic (exact) mass is 718 g/mol. The Kier molecular flexibility index (Phi) is 25.6. The van der Waals surface area contributed by atoms with Crippen LogP contribution < -0.4 is 22.1 Å². The van der Waals surface area contributed by atoms with Gasteiger partial charge < -0.3 is 31.6 Å². The molecule has 0 spiro atoms. The second-order valence-corrected chi connectivity index (χ2v) is 14.1. The van der Waals surface area contributed by atoms with Crippen LogP contribution in [0.5, 0.6) is 0 Å². The largest absolute Gasteiger partial charge is 0.369 e. The van der Waals surface area contributed by atoms with Crippen LogP contribution in [0.25, 0.3) is 0 Å². The van der Waals surface area contributed by atoms with Gasteiger partial charge in [-0.15, -0.1) is 11.6 Å². The lowest BCUT2D eigenvalue weighted by Gasteiger charge is -2.27. The first kappa shape index (κ1) is 46.3. The van der Waals surface area contributed by atoms with Crippen molar-refractivity contribution in [1.82, 2.24) is 10.6 Å². The van der Waals surface area contributed by atoms with Gasteiger partial charge in [0.05, 0.1) is 26.3 Å². The van der Waals surface area contributed by atoms with E-state index in [9.17, 15) is 29.0 Å². The number of nitrogens with one attached hydrogen (secondary N) is 2. The van der Waals surface area contributed by atoms with Gasteiger partial charge in [-0.1, -0.05) is 58.3 Å². The minimum absolute atomic E-state index is 0.0289. The number of alkyl halides is 1. The van der Waals surface area contributed by atoms with Gasteiger partial charge in [0.25, 0.3) is 0 Å². The molecule has 6 N–H and O–H groups in total. The standard InChI is InChI=1S/C34H63ClN6O8/c1-7-24(6)29(32(37)43)19-28(18-26(8-2)31(36)42)34(45)39-12-14-49-30(9-10-35)48-13-11-38-33(44)27(16-23(5)20-40-46)17-25(21-41-47)15-22(3)4/h22-30H,7-21H2,1-6H3,(H2,36,42)(H2,37,43)(H,38,44)(H,39,45). The molecule has 0 aliphatic heterocycles. The van der Waals surface area contributed by atoms with Crippen molar-refractivity contribution in [3.8, 4) is 0 Å². The van der Waals surface area contributed by atoms with Crippen molar-refractivity contribution in [2.45, 2.75) is 99.2 Å². The highest BCUT2D eigenvalue weighted by Gasteiger charge is 2.32. The van der Waals surface area contributed by atoms with Crippen molar-refractivity contribution in [2.75, 3.05) is 45.3 Å². The number of nitrogens with two attached hydrogens (primary N) is 2. The normalized spacial score (nSPS) is 16.4.